The fraction of sp³-hybridized carbons (Fsp3) is 0.308. The minimum Gasteiger partial charge on any atom is -0.396 e. The average Bonchev–Trinajstić information content (AvgIpc) is 2.29. The third-order valence-corrected chi connectivity index (χ3v) is 2.55. The maximum absolute atomic E-state index is 8.83. The molecule has 1 unspecified atom stereocenters. The van der Waals surface area contributed by atoms with Gasteiger partial charge in [0, 0.05) is 18.0 Å². The van der Waals surface area contributed by atoms with Crippen molar-refractivity contribution in [2.75, 3.05) is 11.9 Å². The zero-order valence-corrected chi connectivity index (χ0v) is 9.35. The quantitative estimate of drug-likeness (QED) is 0.825. The van der Waals surface area contributed by atoms with Crippen molar-refractivity contribution in [1.29, 1.82) is 0 Å². The van der Waals surface area contributed by atoms with Crippen LogP contribution in [-0.2, 0) is 0 Å². The lowest BCUT2D eigenvalue weighted by Crippen LogP contribution is -2.17. The molecule has 0 aliphatic rings. The molecule has 0 saturated carbocycles. The van der Waals surface area contributed by atoms with Gasteiger partial charge in [-0.05, 0) is 31.5 Å². The summed E-state index contributed by atoms with van der Waals surface area (Å²) in [6.45, 7) is 2.23. The molecule has 0 radical (unpaired) electrons. The Kier molecular flexibility index (Phi) is 3.37. The highest BCUT2D eigenvalue weighted by Crippen LogP contribution is 2.15. The second-order valence-corrected chi connectivity index (χ2v) is 3.95. The van der Waals surface area contributed by atoms with E-state index in [0.29, 0.717) is 0 Å². The minimum atomic E-state index is 0.196. The Labute approximate surface area is 95.1 Å². The lowest BCUT2D eigenvalue weighted by Gasteiger charge is -2.13. The highest BCUT2D eigenvalue weighted by Gasteiger charge is 2.02. The molecule has 3 nitrogen and oxygen atoms in total. The van der Waals surface area contributed by atoms with E-state index in [1.54, 1.807) is 0 Å². The normalized spacial score (nSPS) is 12.6. The van der Waals surface area contributed by atoms with E-state index in [1.165, 1.54) is 0 Å². The summed E-state index contributed by atoms with van der Waals surface area (Å²) >= 11 is 0. The number of aliphatic hydroxyl groups excluding tert-OH is 1. The van der Waals surface area contributed by atoms with Gasteiger partial charge in [-0.1, -0.05) is 18.2 Å². The average molecular weight is 216 g/mol. The second kappa shape index (κ2) is 4.94. The monoisotopic (exact) mass is 216 g/mol. The van der Waals surface area contributed by atoms with Crippen LogP contribution in [0.4, 0.5) is 5.82 Å². The zero-order chi connectivity index (χ0) is 11.4. The molecule has 1 aromatic heterocycles. The van der Waals surface area contributed by atoms with Crippen LogP contribution in [0.3, 0.4) is 0 Å². The SMILES string of the molecule is CC(CCO)Nc1ccc2ccccc2n1. The molecule has 3 heteroatoms. The van der Waals surface area contributed by atoms with E-state index in [-0.39, 0.29) is 12.6 Å². The summed E-state index contributed by atoms with van der Waals surface area (Å²) in [5.41, 5.74) is 0.990. The van der Waals surface area contributed by atoms with Gasteiger partial charge in [-0.2, -0.15) is 0 Å². The van der Waals surface area contributed by atoms with Gasteiger partial charge in [0.15, 0.2) is 0 Å². The molecule has 1 atom stereocenters. The zero-order valence-electron chi connectivity index (χ0n) is 9.35. The molecule has 2 N–H and O–H groups in total. The standard InChI is InChI=1S/C13H16N2O/c1-10(8-9-16)14-13-7-6-11-4-2-3-5-12(11)15-13/h2-7,10,16H,8-9H2,1H3,(H,14,15). The Morgan fingerprint density at radius 3 is 2.88 bits per heavy atom. The summed E-state index contributed by atoms with van der Waals surface area (Å²) < 4.78 is 0. The molecule has 1 aromatic carbocycles. The Hall–Kier alpha value is -1.61. The maximum atomic E-state index is 8.83. The van der Waals surface area contributed by atoms with Crippen LogP contribution in [-0.4, -0.2) is 22.7 Å². The van der Waals surface area contributed by atoms with Gasteiger partial charge in [0.05, 0.1) is 5.52 Å². The predicted molar refractivity (Wildman–Crippen MR) is 66.5 cm³/mol. The number of para-hydroxylation sites is 1. The topological polar surface area (TPSA) is 45.1 Å². The number of benzene rings is 1. The third-order valence-electron chi connectivity index (χ3n) is 2.55. The number of rotatable bonds is 4. The molecule has 1 heterocycles. The van der Waals surface area contributed by atoms with E-state index in [2.05, 4.69) is 16.4 Å². The molecule has 0 aliphatic carbocycles. The first-order valence-electron chi connectivity index (χ1n) is 5.53. The molecule has 0 bridgehead atoms. The van der Waals surface area contributed by atoms with Gasteiger partial charge in [0.25, 0.3) is 0 Å². The predicted octanol–water partition coefficient (Wildman–Crippen LogP) is 2.42. The summed E-state index contributed by atoms with van der Waals surface area (Å²) in [6, 6.07) is 12.3. The Balaban J connectivity index is 2.19. The molecule has 0 fully saturated rings. The van der Waals surface area contributed by atoms with E-state index in [0.717, 1.165) is 23.1 Å². The first kappa shape index (κ1) is 10.9. The Morgan fingerprint density at radius 1 is 1.25 bits per heavy atom. The van der Waals surface area contributed by atoms with E-state index >= 15 is 0 Å². The van der Waals surface area contributed by atoms with Crippen LogP contribution in [0.5, 0.6) is 0 Å². The number of hydrogen-bond acceptors (Lipinski definition) is 3. The summed E-state index contributed by atoms with van der Waals surface area (Å²) in [7, 11) is 0. The van der Waals surface area contributed by atoms with Gasteiger partial charge in [-0.25, -0.2) is 4.98 Å². The summed E-state index contributed by atoms with van der Waals surface area (Å²) in [5, 5.41) is 13.2. The van der Waals surface area contributed by atoms with E-state index in [9.17, 15) is 0 Å². The van der Waals surface area contributed by atoms with Crippen molar-refractivity contribution >= 4 is 16.7 Å². The molecule has 16 heavy (non-hydrogen) atoms. The van der Waals surface area contributed by atoms with E-state index in [4.69, 9.17) is 5.11 Å². The van der Waals surface area contributed by atoms with Gasteiger partial charge < -0.3 is 10.4 Å². The smallest absolute Gasteiger partial charge is 0.126 e. The molecule has 0 saturated heterocycles. The van der Waals surface area contributed by atoms with Crippen molar-refractivity contribution < 1.29 is 5.11 Å². The van der Waals surface area contributed by atoms with Crippen LogP contribution >= 0.6 is 0 Å². The van der Waals surface area contributed by atoms with Crippen molar-refractivity contribution in [2.45, 2.75) is 19.4 Å². The molecule has 2 rings (SSSR count). The number of pyridine rings is 1. The number of aliphatic hydroxyl groups is 1. The summed E-state index contributed by atoms with van der Waals surface area (Å²) in [6.07, 6.45) is 0.731. The minimum absolute atomic E-state index is 0.196. The van der Waals surface area contributed by atoms with Crippen LogP contribution < -0.4 is 5.32 Å². The molecular formula is C13H16N2O. The number of anilines is 1. The van der Waals surface area contributed by atoms with Gasteiger partial charge in [0.2, 0.25) is 0 Å². The van der Waals surface area contributed by atoms with E-state index in [1.807, 2.05) is 37.3 Å². The second-order valence-electron chi connectivity index (χ2n) is 3.95. The van der Waals surface area contributed by atoms with E-state index < -0.39 is 0 Å². The molecule has 0 amide bonds. The highest BCUT2D eigenvalue weighted by atomic mass is 16.3. The third kappa shape index (κ3) is 2.49. The van der Waals surface area contributed by atoms with Crippen LogP contribution in [0.2, 0.25) is 0 Å². The van der Waals surface area contributed by atoms with Gasteiger partial charge >= 0.3 is 0 Å². The lowest BCUT2D eigenvalue weighted by molar-refractivity contribution is 0.282. The number of nitrogens with one attached hydrogen (secondary N) is 1. The van der Waals surface area contributed by atoms with Crippen molar-refractivity contribution in [1.82, 2.24) is 4.98 Å². The van der Waals surface area contributed by atoms with Crippen molar-refractivity contribution in [3.63, 3.8) is 0 Å². The van der Waals surface area contributed by atoms with Crippen molar-refractivity contribution in [2.24, 2.45) is 0 Å². The maximum Gasteiger partial charge on any atom is 0.126 e. The number of hydrogen-bond donors (Lipinski definition) is 2. The summed E-state index contributed by atoms with van der Waals surface area (Å²) in [5.74, 6) is 0.861. The number of fused-ring (bicyclic) bond motifs is 1. The molecule has 0 spiro atoms. The molecular weight excluding hydrogens is 200 g/mol. The Bertz CT molecular complexity index is 470. The summed E-state index contributed by atoms with van der Waals surface area (Å²) in [4.78, 5) is 4.50. The Morgan fingerprint density at radius 2 is 2.06 bits per heavy atom. The highest BCUT2D eigenvalue weighted by molar-refractivity contribution is 5.80. The van der Waals surface area contributed by atoms with Crippen molar-refractivity contribution in [3.8, 4) is 0 Å². The van der Waals surface area contributed by atoms with Crippen LogP contribution in [0, 0.1) is 0 Å². The van der Waals surface area contributed by atoms with Crippen molar-refractivity contribution in [3.05, 3.63) is 36.4 Å². The fourth-order valence-corrected chi connectivity index (χ4v) is 1.66. The van der Waals surface area contributed by atoms with Gasteiger partial charge in [0.1, 0.15) is 5.82 Å². The van der Waals surface area contributed by atoms with Gasteiger partial charge in [-0.15, -0.1) is 0 Å². The lowest BCUT2D eigenvalue weighted by atomic mass is 10.2. The van der Waals surface area contributed by atoms with Crippen LogP contribution in [0.15, 0.2) is 36.4 Å². The largest absolute Gasteiger partial charge is 0.396 e. The first-order valence-corrected chi connectivity index (χ1v) is 5.53. The van der Waals surface area contributed by atoms with Crippen LogP contribution in [0.1, 0.15) is 13.3 Å². The number of aromatic nitrogens is 1. The molecule has 0 aliphatic heterocycles. The first-order chi connectivity index (χ1) is 7.79. The van der Waals surface area contributed by atoms with Crippen LogP contribution in [0.25, 0.3) is 10.9 Å². The molecule has 84 valence electrons. The molecule has 2 aromatic rings. The number of nitrogens with zero attached hydrogens (tertiary/aromatic N) is 1. The fourth-order valence-electron chi connectivity index (χ4n) is 1.66. The van der Waals surface area contributed by atoms with Gasteiger partial charge in [-0.3, -0.25) is 0 Å².